The Bertz CT molecular complexity index is 517. The Kier molecular flexibility index (Phi) is 2.90. The minimum absolute atomic E-state index is 0.0174. The average molecular weight is 258 g/mol. The van der Waals surface area contributed by atoms with Crippen molar-refractivity contribution in [3.63, 3.8) is 0 Å². The van der Waals surface area contributed by atoms with Gasteiger partial charge in [0.1, 0.15) is 0 Å². The molecule has 2 fully saturated rings. The summed E-state index contributed by atoms with van der Waals surface area (Å²) in [5, 5.41) is 0. The minimum atomic E-state index is -0.198. The standard InChI is InChI=1S/C15H18N2O2/c1-9(16)12-4-2-3-5-13(12)17-14(18)10-6-7-11(8-10)15(17)19/h2-5,9-11H,6-8,16H2,1H3. The van der Waals surface area contributed by atoms with E-state index < -0.39 is 0 Å². The second kappa shape index (κ2) is 4.46. The predicted molar refractivity (Wildman–Crippen MR) is 72.4 cm³/mol. The fourth-order valence-corrected chi connectivity index (χ4v) is 3.22. The molecule has 19 heavy (non-hydrogen) atoms. The van der Waals surface area contributed by atoms with E-state index >= 15 is 0 Å². The molecule has 2 bridgehead atoms. The van der Waals surface area contributed by atoms with E-state index in [2.05, 4.69) is 0 Å². The highest BCUT2D eigenvalue weighted by Gasteiger charge is 2.46. The predicted octanol–water partition coefficient (Wildman–Crippen LogP) is 2.00. The van der Waals surface area contributed by atoms with Crippen LogP contribution in [0.5, 0.6) is 0 Å². The molecule has 0 radical (unpaired) electrons. The number of carbonyl (C=O) groups is 2. The van der Waals surface area contributed by atoms with Gasteiger partial charge in [-0.15, -0.1) is 0 Å². The van der Waals surface area contributed by atoms with Crippen LogP contribution in [-0.2, 0) is 9.59 Å². The summed E-state index contributed by atoms with van der Waals surface area (Å²) < 4.78 is 0. The van der Waals surface area contributed by atoms with Crippen LogP contribution in [0.25, 0.3) is 0 Å². The fraction of sp³-hybridized carbons (Fsp3) is 0.467. The van der Waals surface area contributed by atoms with E-state index in [-0.39, 0.29) is 29.7 Å². The minimum Gasteiger partial charge on any atom is -0.324 e. The van der Waals surface area contributed by atoms with Crippen LogP contribution in [0.15, 0.2) is 24.3 Å². The van der Waals surface area contributed by atoms with Crippen LogP contribution in [0.1, 0.15) is 37.8 Å². The Balaban J connectivity index is 2.06. The molecule has 3 unspecified atom stereocenters. The number of amides is 2. The Morgan fingerprint density at radius 3 is 2.32 bits per heavy atom. The number of nitrogens with two attached hydrogens (primary N) is 1. The van der Waals surface area contributed by atoms with Gasteiger partial charge in [-0.3, -0.25) is 9.59 Å². The lowest BCUT2D eigenvalue weighted by Crippen LogP contribution is -2.47. The Labute approximate surface area is 112 Å². The van der Waals surface area contributed by atoms with E-state index in [4.69, 9.17) is 5.73 Å². The van der Waals surface area contributed by atoms with Crippen LogP contribution in [0.2, 0.25) is 0 Å². The second-order valence-corrected chi connectivity index (χ2v) is 5.57. The molecular formula is C15H18N2O2. The summed E-state index contributed by atoms with van der Waals surface area (Å²) in [6.45, 7) is 1.87. The summed E-state index contributed by atoms with van der Waals surface area (Å²) in [7, 11) is 0. The molecule has 1 aromatic rings. The van der Waals surface area contributed by atoms with Gasteiger partial charge in [0.25, 0.3) is 0 Å². The summed E-state index contributed by atoms with van der Waals surface area (Å²) in [6, 6.07) is 7.24. The van der Waals surface area contributed by atoms with Crippen molar-refractivity contribution in [2.45, 2.75) is 32.2 Å². The molecule has 2 amide bonds. The first kappa shape index (κ1) is 12.4. The lowest BCUT2D eigenvalue weighted by atomic mass is 9.95. The highest BCUT2D eigenvalue weighted by atomic mass is 16.2. The molecular weight excluding hydrogens is 240 g/mol. The molecule has 2 N–H and O–H groups in total. The van der Waals surface area contributed by atoms with Gasteiger partial charge in [0.2, 0.25) is 11.8 Å². The van der Waals surface area contributed by atoms with Crippen molar-refractivity contribution < 1.29 is 9.59 Å². The van der Waals surface area contributed by atoms with Gasteiger partial charge in [-0.05, 0) is 37.8 Å². The highest BCUT2D eigenvalue weighted by molar-refractivity contribution is 6.19. The summed E-state index contributed by atoms with van der Waals surface area (Å²) in [6.07, 6.45) is 2.41. The van der Waals surface area contributed by atoms with Crippen LogP contribution in [0, 0.1) is 11.8 Å². The van der Waals surface area contributed by atoms with Crippen molar-refractivity contribution in [3.8, 4) is 0 Å². The molecule has 1 saturated carbocycles. The molecule has 1 heterocycles. The van der Waals surface area contributed by atoms with Crippen molar-refractivity contribution >= 4 is 17.5 Å². The molecule has 3 rings (SSSR count). The maximum atomic E-state index is 12.4. The number of nitrogens with zero attached hydrogens (tertiary/aromatic N) is 1. The zero-order chi connectivity index (χ0) is 13.6. The summed E-state index contributed by atoms with van der Waals surface area (Å²) in [4.78, 5) is 26.2. The fourth-order valence-electron chi connectivity index (χ4n) is 3.22. The normalized spacial score (nSPS) is 27.8. The molecule has 1 aromatic carbocycles. The highest BCUT2D eigenvalue weighted by Crippen LogP contribution is 2.41. The number of hydrogen-bond acceptors (Lipinski definition) is 3. The van der Waals surface area contributed by atoms with Crippen molar-refractivity contribution in [2.24, 2.45) is 17.6 Å². The maximum absolute atomic E-state index is 12.4. The molecule has 4 nitrogen and oxygen atoms in total. The van der Waals surface area contributed by atoms with Crippen molar-refractivity contribution in [1.82, 2.24) is 0 Å². The molecule has 2 aliphatic rings. The molecule has 3 atom stereocenters. The largest absolute Gasteiger partial charge is 0.324 e. The van der Waals surface area contributed by atoms with E-state index in [0.717, 1.165) is 24.8 Å². The number of fused-ring (bicyclic) bond motifs is 2. The van der Waals surface area contributed by atoms with Gasteiger partial charge in [0.15, 0.2) is 0 Å². The van der Waals surface area contributed by atoms with Crippen LogP contribution in [-0.4, -0.2) is 11.8 Å². The van der Waals surface area contributed by atoms with Gasteiger partial charge in [0, 0.05) is 17.9 Å². The molecule has 0 spiro atoms. The third-order valence-corrected chi connectivity index (χ3v) is 4.24. The van der Waals surface area contributed by atoms with Crippen LogP contribution in [0.4, 0.5) is 5.69 Å². The smallest absolute Gasteiger partial charge is 0.236 e. The van der Waals surface area contributed by atoms with Gasteiger partial charge in [-0.25, -0.2) is 4.90 Å². The van der Waals surface area contributed by atoms with Crippen LogP contribution < -0.4 is 10.6 Å². The van der Waals surface area contributed by atoms with E-state index in [1.54, 1.807) is 0 Å². The summed E-state index contributed by atoms with van der Waals surface area (Å²) in [5.41, 5.74) is 7.47. The zero-order valence-corrected chi connectivity index (χ0v) is 11.0. The zero-order valence-electron chi connectivity index (χ0n) is 11.0. The van der Waals surface area contributed by atoms with Crippen molar-refractivity contribution in [3.05, 3.63) is 29.8 Å². The summed E-state index contributed by atoms with van der Waals surface area (Å²) >= 11 is 0. The van der Waals surface area contributed by atoms with E-state index in [9.17, 15) is 9.59 Å². The number of carbonyl (C=O) groups excluding carboxylic acids is 2. The van der Waals surface area contributed by atoms with Crippen molar-refractivity contribution in [2.75, 3.05) is 4.90 Å². The van der Waals surface area contributed by atoms with Gasteiger partial charge in [-0.2, -0.15) is 0 Å². The van der Waals surface area contributed by atoms with Gasteiger partial charge >= 0.3 is 0 Å². The molecule has 1 aliphatic carbocycles. The SMILES string of the molecule is CC(N)c1ccccc1N1C(=O)C2CCC(C2)C1=O. The lowest BCUT2D eigenvalue weighted by Gasteiger charge is -2.31. The van der Waals surface area contributed by atoms with Crippen molar-refractivity contribution in [1.29, 1.82) is 0 Å². The first-order chi connectivity index (χ1) is 9.09. The van der Waals surface area contributed by atoms with E-state index in [1.807, 2.05) is 31.2 Å². The second-order valence-electron chi connectivity index (χ2n) is 5.57. The van der Waals surface area contributed by atoms with Gasteiger partial charge in [0.05, 0.1) is 5.69 Å². The molecule has 1 saturated heterocycles. The topological polar surface area (TPSA) is 63.4 Å². The Hall–Kier alpha value is -1.68. The van der Waals surface area contributed by atoms with Gasteiger partial charge in [-0.1, -0.05) is 18.2 Å². The monoisotopic (exact) mass is 258 g/mol. The number of imide groups is 1. The summed E-state index contributed by atoms with van der Waals surface area (Å²) in [5.74, 6) is -0.0635. The third kappa shape index (κ3) is 1.87. The molecule has 0 aromatic heterocycles. The van der Waals surface area contributed by atoms with Crippen LogP contribution >= 0.6 is 0 Å². The van der Waals surface area contributed by atoms with E-state index in [1.165, 1.54) is 4.90 Å². The Morgan fingerprint density at radius 2 is 1.74 bits per heavy atom. The number of para-hydroxylation sites is 1. The molecule has 1 aliphatic heterocycles. The lowest BCUT2D eigenvalue weighted by molar-refractivity contribution is -0.133. The first-order valence-corrected chi connectivity index (χ1v) is 6.82. The number of anilines is 1. The number of benzene rings is 1. The average Bonchev–Trinajstić information content (AvgIpc) is 2.84. The first-order valence-electron chi connectivity index (χ1n) is 6.82. The number of hydrogen-bond donors (Lipinski definition) is 1. The molecule has 100 valence electrons. The third-order valence-electron chi connectivity index (χ3n) is 4.24. The number of piperidine rings is 1. The van der Waals surface area contributed by atoms with Crippen LogP contribution in [0.3, 0.4) is 0 Å². The van der Waals surface area contributed by atoms with E-state index in [0.29, 0.717) is 5.69 Å². The number of rotatable bonds is 2. The maximum Gasteiger partial charge on any atom is 0.236 e. The van der Waals surface area contributed by atoms with Gasteiger partial charge < -0.3 is 5.73 Å². The molecule has 4 heteroatoms. The quantitative estimate of drug-likeness (QED) is 0.825. The Morgan fingerprint density at radius 1 is 1.16 bits per heavy atom.